The van der Waals surface area contributed by atoms with E-state index in [1.165, 1.54) is 60.5 Å². The van der Waals surface area contributed by atoms with Crippen LogP contribution in [0.2, 0.25) is 0 Å². The number of aliphatic imine (C=N–C) groups is 1. The fourth-order valence-corrected chi connectivity index (χ4v) is 9.03. The van der Waals surface area contributed by atoms with Gasteiger partial charge in [-0.3, -0.25) is 0 Å². The summed E-state index contributed by atoms with van der Waals surface area (Å²) in [5, 5.41) is 7.24. The van der Waals surface area contributed by atoms with Crippen LogP contribution in [-0.4, -0.2) is 10.1 Å². The van der Waals surface area contributed by atoms with Crippen LogP contribution in [0, 0.1) is 0 Å². The summed E-state index contributed by atoms with van der Waals surface area (Å²) < 4.78 is 11.2. The molecule has 9 aromatic rings. The Balaban J connectivity index is 1.18. The summed E-state index contributed by atoms with van der Waals surface area (Å²) in [5.41, 5.74) is 13.6. The molecule has 5 aromatic carbocycles. The molecule has 2 aliphatic rings. The van der Waals surface area contributed by atoms with Gasteiger partial charge in [0.25, 0.3) is 0 Å². The standard InChI is InChI=1S/C44H30N3O/c1-3-37-33-22-34-30-14-10-15-31-35-24-42-36(29-13-6-7-17-41(29)48-42)23-40(35)47(44(30)31)39(34)21-26(33)18-19-32-27-11-4-5-12-28(27)38-16-8-9-20-46(38)43(32)25(2)45-37/h3-17,20-24,32,43H,1-2,18-19H2/q+1/b45-37-. The molecule has 226 valence electrons. The monoisotopic (exact) mass is 616 g/mol. The first kappa shape index (κ1) is 26.1. The third-order valence-electron chi connectivity index (χ3n) is 11.0. The minimum absolute atomic E-state index is 0.0214. The van der Waals surface area contributed by atoms with E-state index in [2.05, 4.69) is 131 Å². The molecule has 6 heterocycles. The van der Waals surface area contributed by atoms with Crippen LogP contribution in [-0.2, 0) is 6.42 Å². The molecule has 48 heavy (non-hydrogen) atoms. The smallest absolute Gasteiger partial charge is 0.213 e. The van der Waals surface area contributed by atoms with Gasteiger partial charge >= 0.3 is 0 Å². The van der Waals surface area contributed by atoms with Gasteiger partial charge in [0.1, 0.15) is 16.9 Å². The van der Waals surface area contributed by atoms with E-state index < -0.39 is 0 Å². The summed E-state index contributed by atoms with van der Waals surface area (Å²) in [7, 11) is 0. The van der Waals surface area contributed by atoms with Crippen molar-refractivity contribution in [1.29, 1.82) is 0 Å². The number of hydrogen-bond acceptors (Lipinski definition) is 2. The van der Waals surface area contributed by atoms with Crippen LogP contribution in [0.3, 0.4) is 0 Å². The maximum absolute atomic E-state index is 6.33. The molecule has 0 radical (unpaired) electrons. The Morgan fingerprint density at radius 3 is 2.40 bits per heavy atom. The fraction of sp³-hybridized carbons (Fsp3) is 0.0909. The van der Waals surface area contributed by atoms with Crippen molar-refractivity contribution >= 4 is 65.7 Å². The fourth-order valence-electron chi connectivity index (χ4n) is 9.03. The third-order valence-corrected chi connectivity index (χ3v) is 11.0. The predicted octanol–water partition coefficient (Wildman–Crippen LogP) is 10.5. The average Bonchev–Trinajstić information content (AvgIpc) is 3.78. The van der Waals surface area contributed by atoms with Gasteiger partial charge in [-0.15, -0.1) is 0 Å². The van der Waals surface area contributed by atoms with Gasteiger partial charge in [-0.1, -0.05) is 67.8 Å². The topological polar surface area (TPSA) is 33.8 Å². The van der Waals surface area contributed by atoms with Crippen LogP contribution in [0.15, 0.2) is 150 Å². The van der Waals surface area contributed by atoms with E-state index in [4.69, 9.17) is 9.41 Å². The van der Waals surface area contributed by atoms with Crippen LogP contribution < -0.4 is 4.57 Å². The lowest BCUT2D eigenvalue weighted by atomic mass is 9.78. The highest BCUT2D eigenvalue weighted by Crippen LogP contribution is 2.46. The van der Waals surface area contributed by atoms with Crippen LogP contribution in [0.4, 0.5) is 0 Å². The number of para-hydroxylation sites is 2. The lowest BCUT2D eigenvalue weighted by molar-refractivity contribution is -0.709. The Kier molecular flexibility index (Phi) is 5.06. The van der Waals surface area contributed by atoms with Gasteiger partial charge in [-0.2, -0.15) is 4.57 Å². The summed E-state index contributed by atoms with van der Waals surface area (Å²) in [6.45, 7) is 8.88. The average molecular weight is 617 g/mol. The van der Waals surface area contributed by atoms with Gasteiger partial charge in [0.15, 0.2) is 6.20 Å². The van der Waals surface area contributed by atoms with Crippen molar-refractivity contribution in [2.45, 2.75) is 24.8 Å². The van der Waals surface area contributed by atoms with Crippen molar-refractivity contribution < 1.29 is 8.98 Å². The van der Waals surface area contributed by atoms with Crippen molar-refractivity contribution in [3.8, 4) is 11.3 Å². The van der Waals surface area contributed by atoms with Crippen LogP contribution in [0.1, 0.15) is 35.1 Å². The van der Waals surface area contributed by atoms with Crippen LogP contribution >= 0.6 is 0 Å². The van der Waals surface area contributed by atoms with Gasteiger partial charge in [-0.05, 0) is 72.5 Å². The zero-order chi connectivity index (χ0) is 31.7. The summed E-state index contributed by atoms with van der Waals surface area (Å²) >= 11 is 0. The molecule has 4 heteroatoms. The number of aryl methyl sites for hydroxylation is 1. The second kappa shape index (κ2) is 9.30. The van der Waals surface area contributed by atoms with E-state index in [-0.39, 0.29) is 12.0 Å². The molecule has 0 fully saturated rings. The van der Waals surface area contributed by atoms with E-state index in [1.54, 1.807) is 0 Å². The molecular formula is C44H30N3O+. The number of aromatic nitrogens is 2. The molecule has 11 rings (SSSR count). The number of pyridine rings is 1. The molecule has 0 bridgehead atoms. The maximum Gasteiger partial charge on any atom is 0.213 e. The molecule has 4 aromatic heterocycles. The Labute approximate surface area is 276 Å². The molecule has 4 nitrogen and oxygen atoms in total. The second-order valence-corrected chi connectivity index (χ2v) is 13.4. The molecule has 2 aliphatic heterocycles. The summed E-state index contributed by atoms with van der Waals surface area (Å²) in [6, 6.07) is 39.7. The quantitative estimate of drug-likeness (QED) is 0.169. The van der Waals surface area contributed by atoms with Crippen LogP contribution in [0.25, 0.3) is 71.3 Å². The maximum atomic E-state index is 6.33. The Morgan fingerprint density at radius 1 is 0.729 bits per heavy atom. The summed E-state index contributed by atoms with van der Waals surface area (Å²) in [5.74, 6) is 0.238. The predicted molar refractivity (Wildman–Crippen MR) is 196 cm³/mol. The number of benzene rings is 5. The Morgan fingerprint density at radius 2 is 1.50 bits per heavy atom. The molecule has 0 N–H and O–H groups in total. The molecule has 0 spiro atoms. The first-order valence-electron chi connectivity index (χ1n) is 16.7. The molecular weight excluding hydrogens is 587 g/mol. The minimum atomic E-state index is 0.0214. The number of fused-ring (bicyclic) bond motifs is 16. The van der Waals surface area contributed by atoms with Crippen molar-refractivity contribution in [3.63, 3.8) is 0 Å². The molecule has 2 unspecified atom stereocenters. The zero-order valence-corrected chi connectivity index (χ0v) is 26.3. The Hall–Kier alpha value is -6.00. The first-order chi connectivity index (χ1) is 23.7. The van der Waals surface area contributed by atoms with Crippen LogP contribution in [0.5, 0.6) is 0 Å². The molecule has 0 amide bonds. The molecule has 0 aliphatic carbocycles. The van der Waals surface area contributed by atoms with Crippen molar-refractivity contribution in [1.82, 2.24) is 4.40 Å². The Bertz CT molecular complexity index is 2900. The van der Waals surface area contributed by atoms with E-state index in [1.807, 2.05) is 12.1 Å². The number of rotatable bonds is 1. The van der Waals surface area contributed by atoms with E-state index in [0.29, 0.717) is 0 Å². The molecule has 0 saturated carbocycles. The number of furan rings is 1. The minimum Gasteiger partial charge on any atom is -0.456 e. The van der Waals surface area contributed by atoms with Gasteiger partial charge < -0.3 is 8.82 Å². The molecule has 0 saturated heterocycles. The van der Waals surface area contributed by atoms with E-state index in [0.717, 1.165) is 51.8 Å². The highest BCUT2D eigenvalue weighted by Gasteiger charge is 2.42. The third kappa shape index (κ3) is 3.29. The normalized spacial score (nSPS) is 18.8. The van der Waals surface area contributed by atoms with E-state index >= 15 is 0 Å². The van der Waals surface area contributed by atoms with Gasteiger partial charge in [-0.25, -0.2) is 4.99 Å². The van der Waals surface area contributed by atoms with Crippen molar-refractivity contribution in [2.24, 2.45) is 4.99 Å². The lowest BCUT2D eigenvalue weighted by Crippen LogP contribution is -2.48. The lowest BCUT2D eigenvalue weighted by Gasteiger charge is -2.30. The zero-order valence-electron chi connectivity index (χ0n) is 26.3. The highest BCUT2D eigenvalue weighted by atomic mass is 16.3. The van der Waals surface area contributed by atoms with Gasteiger partial charge in [0, 0.05) is 55.6 Å². The largest absolute Gasteiger partial charge is 0.456 e. The highest BCUT2D eigenvalue weighted by molar-refractivity contribution is 6.26. The number of hydrogen-bond donors (Lipinski definition) is 0. The van der Waals surface area contributed by atoms with Gasteiger partial charge in [0.05, 0.1) is 28.2 Å². The van der Waals surface area contributed by atoms with Crippen molar-refractivity contribution in [3.05, 3.63) is 157 Å². The number of nitrogens with zero attached hydrogens (tertiary/aromatic N) is 3. The molecule has 2 atom stereocenters. The first-order valence-corrected chi connectivity index (χ1v) is 16.7. The van der Waals surface area contributed by atoms with Gasteiger partial charge in [0.2, 0.25) is 11.7 Å². The summed E-state index contributed by atoms with van der Waals surface area (Å²) in [6.07, 6.45) is 5.99. The number of allylic oxidation sites excluding steroid dienone is 2. The second-order valence-electron chi connectivity index (χ2n) is 13.4. The van der Waals surface area contributed by atoms with Crippen molar-refractivity contribution in [2.75, 3.05) is 0 Å². The SMILES string of the molecule is C=C/C1=N/C(=C)C2C(CCc3cc4c(cc31)c1cccc3c5cc6oc7ccccc7c6cc5n4c13)c1ccccc1-c1cccc[n+]12. The van der Waals surface area contributed by atoms with E-state index in [9.17, 15) is 0 Å². The summed E-state index contributed by atoms with van der Waals surface area (Å²) in [4.78, 5) is 5.30.